The number of anilines is 1. The van der Waals surface area contributed by atoms with Crippen LogP contribution >= 0.6 is 0 Å². The highest BCUT2D eigenvalue weighted by atomic mass is 16.2. The fourth-order valence-corrected chi connectivity index (χ4v) is 1.81. The number of hydrogen-bond donors (Lipinski definition) is 2. The van der Waals surface area contributed by atoms with Crippen LogP contribution in [-0.2, 0) is 9.59 Å². The van der Waals surface area contributed by atoms with Gasteiger partial charge in [0.2, 0.25) is 11.8 Å². The number of likely N-dealkylation sites (N-methyl/N-ethyl adjacent to an activating group) is 1. The van der Waals surface area contributed by atoms with Crippen LogP contribution in [0.1, 0.15) is 26.3 Å². The maximum atomic E-state index is 12.2. The van der Waals surface area contributed by atoms with Crippen LogP contribution in [0.15, 0.2) is 24.3 Å². The van der Waals surface area contributed by atoms with Crippen molar-refractivity contribution in [2.75, 3.05) is 18.9 Å². The molecule has 0 aliphatic carbocycles. The van der Waals surface area contributed by atoms with E-state index >= 15 is 0 Å². The van der Waals surface area contributed by atoms with Crippen LogP contribution < -0.4 is 10.6 Å². The van der Waals surface area contributed by atoms with Crippen molar-refractivity contribution in [3.05, 3.63) is 29.8 Å². The maximum absolute atomic E-state index is 12.2. The minimum atomic E-state index is -0.450. The third-order valence-electron chi connectivity index (χ3n) is 3.16. The number of amides is 2. The fourth-order valence-electron chi connectivity index (χ4n) is 1.81. The van der Waals surface area contributed by atoms with Crippen LogP contribution in [0.4, 0.5) is 5.69 Å². The summed E-state index contributed by atoms with van der Waals surface area (Å²) in [4.78, 5) is 25.5. The first-order valence-electron chi connectivity index (χ1n) is 7.14. The third kappa shape index (κ3) is 5.54. The standard InChI is InChI=1S/C16H22N4O2/c1-11(2)18-15(21)10-20(4)12(3)16(22)19-14-7-5-13(9-17)6-8-14/h5-8,11-12H,10H2,1-4H3,(H,18,21)(H,19,22)/t12-/m1/s1. The summed E-state index contributed by atoms with van der Waals surface area (Å²) in [5.41, 5.74) is 1.16. The van der Waals surface area contributed by atoms with E-state index in [1.807, 2.05) is 19.9 Å². The second-order valence-electron chi connectivity index (χ2n) is 5.49. The van der Waals surface area contributed by atoms with E-state index in [1.165, 1.54) is 0 Å². The molecule has 2 N–H and O–H groups in total. The second-order valence-corrected chi connectivity index (χ2v) is 5.49. The van der Waals surface area contributed by atoms with Gasteiger partial charge in [-0.2, -0.15) is 5.26 Å². The van der Waals surface area contributed by atoms with E-state index in [-0.39, 0.29) is 24.4 Å². The molecule has 1 atom stereocenters. The average Bonchev–Trinajstić information content (AvgIpc) is 2.46. The van der Waals surface area contributed by atoms with Crippen LogP contribution in [0.2, 0.25) is 0 Å². The summed E-state index contributed by atoms with van der Waals surface area (Å²) in [6, 6.07) is 8.27. The summed E-state index contributed by atoms with van der Waals surface area (Å²) in [6.45, 7) is 5.67. The number of carbonyl (C=O) groups excluding carboxylic acids is 2. The van der Waals surface area contributed by atoms with Gasteiger partial charge in [-0.1, -0.05) is 0 Å². The molecular formula is C16H22N4O2. The summed E-state index contributed by atoms with van der Waals surface area (Å²) < 4.78 is 0. The monoisotopic (exact) mass is 302 g/mol. The highest BCUT2D eigenvalue weighted by Gasteiger charge is 2.20. The minimum absolute atomic E-state index is 0.0729. The van der Waals surface area contributed by atoms with Gasteiger partial charge in [-0.3, -0.25) is 14.5 Å². The number of nitrogens with zero attached hydrogens (tertiary/aromatic N) is 2. The molecular weight excluding hydrogens is 280 g/mol. The highest BCUT2D eigenvalue weighted by Crippen LogP contribution is 2.10. The van der Waals surface area contributed by atoms with E-state index in [0.717, 1.165) is 0 Å². The van der Waals surface area contributed by atoms with E-state index in [9.17, 15) is 9.59 Å². The molecule has 6 nitrogen and oxygen atoms in total. The normalized spacial score (nSPS) is 11.9. The number of hydrogen-bond acceptors (Lipinski definition) is 4. The van der Waals surface area contributed by atoms with Crippen molar-refractivity contribution in [1.82, 2.24) is 10.2 Å². The second kappa shape index (κ2) is 8.15. The summed E-state index contributed by atoms with van der Waals surface area (Å²) in [6.07, 6.45) is 0. The van der Waals surface area contributed by atoms with Crippen LogP contribution in [-0.4, -0.2) is 42.4 Å². The van der Waals surface area contributed by atoms with Gasteiger partial charge in [0.15, 0.2) is 0 Å². The van der Waals surface area contributed by atoms with Gasteiger partial charge in [-0.25, -0.2) is 0 Å². The highest BCUT2D eigenvalue weighted by molar-refractivity contribution is 5.95. The predicted molar refractivity (Wildman–Crippen MR) is 85.2 cm³/mol. The smallest absolute Gasteiger partial charge is 0.241 e. The molecule has 0 bridgehead atoms. The Labute approximate surface area is 131 Å². The maximum Gasteiger partial charge on any atom is 0.241 e. The lowest BCUT2D eigenvalue weighted by molar-refractivity contribution is -0.125. The zero-order valence-corrected chi connectivity index (χ0v) is 13.4. The van der Waals surface area contributed by atoms with Gasteiger partial charge in [0.25, 0.3) is 0 Å². The van der Waals surface area contributed by atoms with Crippen molar-refractivity contribution in [1.29, 1.82) is 5.26 Å². The van der Waals surface area contributed by atoms with E-state index in [1.54, 1.807) is 43.1 Å². The molecule has 6 heteroatoms. The molecule has 2 amide bonds. The molecule has 0 aliphatic heterocycles. The molecule has 0 saturated carbocycles. The average molecular weight is 302 g/mol. The molecule has 1 rings (SSSR count). The van der Waals surface area contributed by atoms with Gasteiger partial charge < -0.3 is 10.6 Å². The topological polar surface area (TPSA) is 85.2 Å². The summed E-state index contributed by atoms with van der Waals surface area (Å²) in [5, 5.41) is 14.3. The molecule has 118 valence electrons. The van der Waals surface area contributed by atoms with Crippen LogP contribution in [0, 0.1) is 11.3 Å². The molecule has 0 unspecified atom stereocenters. The van der Waals surface area contributed by atoms with Gasteiger partial charge in [-0.05, 0) is 52.1 Å². The Balaban J connectivity index is 2.56. The Morgan fingerprint density at radius 3 is 2.32 bits per heavy atom. The number of nitrogens with one attached hydrogen (secondary N) is 2. The summed E-state index contributed by atoms with van der Waals surface area (Å²) in [7, 11) is 1.73. The van der Waals surface area contributed by atoms with Crippen molar-refractivity contribution in [2.24, 2.45) is 0 Å². The predicted octanol–water partition coefficient (Wildman–Crippen LogP) is 1.34. The van der Waals surface area contributed by atoms with Crippen molar-refractivity contribution in [3.63, 3.8) is 0 Å². The first kappa shape index (κ1) is 17.7. The molecule has 0 fully saturated rings. The molecule has 0 spiro atoms. The molecule has 0 saturated heterocycles. The van der Waals surface area contributed by atoms with E-state index < -0.39 is 6.04 Å². The molecule has 1 aromatic rings. The van der Waals surface area contributed by atoms with Crippen LogP contribution in [0.25, 0.3) is 0 Å². The minimum Gasteiger partial charge on any atom is -0.353 e. The zero-order chi connectivity index (χ0) is 16.7. The lowest BCUT2D eigenvalue weighted by Gasteiger charge is -2.23. The zero-order valence-electron chi connectivity index (χ0n) is 13.4. The number of carbonyl (C=O) groups is 2. The van der Waals surface area contributed by atoms with Gasteiger partial charge in [0.1, 0.15) is 0 Å². The summed E-state index contributed by atoms with van der Waals surface area (Å²) in [5.74, 6) is -0.319. The fraction of sp³-hybridized carbons (Fsp3) is 0.438. The SMILES string of the molecule is CC(C)NC(=O)CN(C)[C@H](C)C(=O)Nc1ccc(C#N)cc1. The van der Waals surface area contributed by atoms with E-state index in [4.69, 9.17) is 5.26 Å². The molecule has 0 aliphatic rings. The molecule has 0 aromatic heterocycles. The van der Waals surface area contributed by atoms with Crippen molar-refractivity contribution < 1.29 is 9.59 Å². The molecule has 0 heterocycles. The quantitative estimate of drug-likeness (QED) is 0.830. The largest absolute Gasteiger partial charge is 0.353 e. The summed E-state index contributed by atoms with van der Waals surface area (Å²) >= 11 is 0. The number of benzene rings is 1. The lowest BCUT2D eigenvalue weighted by atomic mass is 10.2. The Kier molecular flexibility index (Phi) is 6.54. The Morgan fingerprint density at radius 2 is 1.82 bits per heavy atom. The first-order valence-corrected chi connectivity index (χ1v) is 7.14. The number of nitriles is 1. The van der Waals surface area contributed by atoms with Gasteiger partial charge in [-0.15, -0.1) is 0 Å². The lowest BCUT2D eigenvalue weighted by Crippen LogP contribution is -2.45. The van der Waals surface area contributed by atoms with Crippen molar-refractivity contribution in [3.8, 4) is 6.07 Å². The van der Waals surface area contributed by atoms with Crippen LogP contribution in [0.3, 0.4) is 0 Å². The van der Waals surface area contributed by atoms with Gasteiger partial charge in [0.05, 0.1) is 24.2 Å². The van der Waals surface area contributed by atoms with Crippen molar-refractivity contribution >= 4 is 17.5 Å². The van der Waals surface area contributed by atoms with Gasteiger partial charge >= 0.3 is 0 Å². The Hall–Kier alpha value is -2.39. The van der Waals surface area contributed by atoms with E-state index in [0.29, 0.717) is 11.3 Å². The van der Waals surface area contributed by atoms with E-state index in [2.05, 4.69) is 10.6 Å². The third-order valence-corrected chi connectivity index (χ3v) is 3.16. The van der Waals surface area contributed by atoms with Crippen LogP contribution in [0.5, 0.6) is 0 Å². The molecule has 22 heavy (non-hydrogen) atoms. The van der Waals surface area contributed by atoms with Gasteiger partial charge in [0, 0.05) is 11.7 Å². The Morgan fingerprint density at radius 1 is 1.23 bits per heavy atom. The molecule has 1 aromatic carbocycles. The first-order chi connectivity index (χ1) is 10.3. The Bertz CT molecular complexity index is 561. The van der Waals surface area contributed by atoms with Crippen molar-refractivity contribution in [2.45, 2.75) is 32.9 Å². The molecule has 0 radical (unpaired) electrons. The number of rotatable bonds is 6.